The van der Waals surface area contributed by atoms with E-state index in [1.54, 1.807) is 19.9 Å². The number of carbonyl (C=O) groups excluding carboxylic acids is 2. The summed E-state index contributed by atoms with van der Waals surface area (Å²) in [6.45, 7) is 3.50. The number of methoxy groups -OCH3 is 1. The second-order valence-electron chi connectivity index (χ2n) is 4.50. The summed E-state index contributed by atoms with van der Waals surface area (Å²) in [4.78, 5) is 23.2. The standard InChI is InChI=1S/C14H19NO5/c1-9-4-5-11(6-12(9)16)14(18)20-8-13(17)15-10(2)7-19-3/h4-6,10,16H,7-8H2,1-3H3,(H,15,17). The van der Waals surface area contributed by atoms with Gasteiger partial charge in [0.25, 0.3) is 5.91 Å². The van der Waals surface area contributed by atoms with Crippen LogP contribution in [0.5, 0.6) is 5.75 Å². The molecule has 1 rings (SSSR count). The number of hydrogen-bond acceptors (Lipinski definition) is 5. The fourth-order valence-corrected chi connectivity index (χ4v) is 1.56. The van der Waals surface area contributed by atoms with Crippen LogP contribution >= 0.6 is 0 Å². The van der Waals surface area contributed by atoms with E-state index in [-0.39, 0.29) is 24.0 Å². The molecule has 110 valence electrons. The van der Waals surface area contributed by atoms with E-state index in [2.05, 4.69) is 5.32 Å². The molecule has 0 aliphatic rings. The van der Waals surface area contributed by atoms with Gasteiger partial charge in [-0.1, -0.05) is 6.07 Å². The molecule has 0 spiro atoms. The minimum atomic E-state index is -0.658. The SMILES string of the molecule is COCC(C)NC(=O)COC(=O)c1ccc(C)c(O)c1. The van der Waals surface area contributed by atoms with Crippen LogP contribution in [-0.2, 0) is 14.3 Å². The molecule has 2 N–H and O–H groups in total. The van der Waals surface area contributed by atoms with Gasteiger partial charge >= 0.3 is 5.97 Å². The summed E-state index contributed by atoms with van der Waals surface area (Å²) in [5.74, 6) is -1.05. The molecule has 0 aliphatic carbocycles. The van der Waals surface area contributed by atoms with E-state index in [9.17, 15) is 14.7 Å². The van der Waals surface area contributed by atoms with Crippen LogP contribution in [0, 0.1) is 6.92 Å². The average molecular weight is 281 g/mol. The maximum Gasteiger partial charge on any atom is 0.338 e. The number of ether oxygens (including phenoxy) is 2. The number of rotatable bonds is 6. The normalized spacial score (nSPS) is 11.8. The molecular weight excluding hydrogens is 262 g/mol. The number of carbonyl (C=O) groups is 2. The van der Waals surface area contributed by atoms with E-state index in [4.69, 9.17) is 9.47 Å². The largest absolute Gasteiger partial charge is 0.508 e. The van der Waals surface area contributed by atoms with Crippen molar-refractivity contribution in [1.29, 1.82) is 0 Å². The van der Waals surface area contributed by atoms with Gasteiger partial charge in [0.1, 0.15) is 5.75 Å². The molecule has 0 saturated heterocycles. The zero-order chi connectivity index (χ0) is 15.1. The zero-order valence-corrected chi connectivity index (χ0v) is 11.8. The van der Waals surface area contributed by atoms with Gasteiger partial charge in [0.15, 0.2) is 6.61 Å². The fraction of sp³-hybridized carbons (Fsp3) is 0.429. The predicted octanol–water partition coefficient (Wildman–Crippen LogP) is 1.01. The number of hydrogen-bond donors (Lipinski definition) is 2. The molecule has 0 fully saturated rings. The smallest absolute Gasteiger partial charge is 0.338 e. The number of esters is 1. The van der Waals surface area contributed by atoms with Crippen molar-refractivity contribution in [2.24, 2.45) is 0 Å². The van der Waals surface area contributed by atoms with Crippen molar-refractivity contribution in [2.75, 3.05) is 20.3 Å². The number of benzene rings is 1. The Morgan fingerprint density at radius 2 is 2.10 bits per heavy atom. The van der Waals surface area contributed by atoms with E-state index in [1.165, 1.54) is 19.2 Å². The predicted molar refractivity (Wildman–Crippen MR) is 72.6 cm³/mol. The number of phenols is 1. The van der Waals surface area contributed by atoms with Gasteiger partial charge < -0.3 is 19.9 Å². The molecular formula is C14H19NO5. The highest BCUT2D eigenvalue weighted by Gasteiger charge is 2.13. The van der Waals surface area contributed by atoms with Gasteiger partial charge in [0.05, 0.1) is 12.2 Å². The molecule has 20 heavy (non-hydrogen) atoms. The van der Waals surface area contributed by atoms with E-state index < -0.39 is 11.9 Å². The summed E-state index contributed by atoms with van der Waals surface area (Å²) in [6.07, 6.45) is 0. The van der Waals surface area contributed by atoms with Gasteiger partial charge in [-0.15, -0.1) is 0 Å². The summed E-state index contributed by atoms with van der Waals surface area (Å²) in [5, 5.41) is 12.1. The Morgan fingerprint density at radius 3 is 2.70 bits per heavy atom. The number of aryl methyl sites for hydroxylation is 1. The second-order valence-corrected chi connectivity index (χ2v) is 4.50. The minimum absolute atomic E-state index is 0.0117. The summed E-state index contributed by atoms with van der Waals surface area (Å²) in [5.41, 5.74) is 0.860. The Morgan fingerprint density at radius 1 is 1.40 bits per heavy atom. The van der Waals surface area contributed by atoms with Crippen molar-refractivity contribution in [3.63, 3.8) is 0 Å². The molecule has 1 aromatic rings. The molecule has 0 aliphatic heterocycles. The summed E-state index contributed by atoms with van der Waals surface area (Å²) >= 11 is 0. The summed E-state index contributed by atoms with van der Waals surface area (Å²) in [6, 6.07) is 4.29. The first kappa shape index (κ1) is 16.0. The Bertz CT molecular complexity index is 486. The van der Waals surface area contributed by atoms with Crippen molar-refractivity contribution in [1.82, 2.24) is 5.32 Å². The van der Waals surface area contributed by atoms with Gasteiger partial charge in [-0.3, -0.25) is 4.79 Å². The Labute approximate surface area is 117 Å². The molecule has 6 nitrogen and oxygen atoms in total. The Balaban J connectivity index is 2.46. The number of nitrogens with one attached hydrogen (secondary N) is 1. The maximum absolute atomic E-state index is 11.7. The van der Waals surface area contributed by atoms with E-state index in [0.29, 0.717) is 12.2 Å². The molecule has 1 unspecified atom stereocenters. The molecule has 1 amide bonds. The third kappa shape index (κ3) is 4.89. The lowest BCUT2D eigenvalue weighted by molar-refractivity contribution is -0.125. The van der Waals surface area contributed by atoms with Gasteiger partial charge in [0.2, 0.25) is 0 Å². The first-order valence-electron chi connectivity index (χ1n) is 6.19. The van der Waals surface area contributed by atoms with Gasteiger partial charge in [-0.2, -0.15) is 0 Å². The first-order chi connectivity index (χ1) is 9.43. The Kier molecular flexibility index (Phi) is 5.99. The number of phenolic OH excluding ortho intramolecular Hbond substituents is 1. The van der Waals surface area contributed by atoms with E-state index >= 15 is 0 Å². The van der Waals surface area contributed by atoms with Crippen molar-refractivity contribution in [3.8, 4) is 5.75 Å². The zero-order valence-electron chi connectivity index (χ0n) is 11.8. The van der Waals surface area contributed by atoms with Crippen LogP contribution in [0.15, 0.2) is 18.2 Å². The molecule has 1 aromatic carbocycles. The minimum Gasteiger partial charge on any atom is -0.508 e. The van der Waals surface area contributed by atoms with Crippen LogP contribution in [0.25, 0.3) is 0 Å². The molecule has 0 aromatic heterocycles. The highest BCUT2D eigenvalue weighted by Crippen LogP contribution is 2.17. The molecule has 0 bridgehead atoms. The Hall–Kier alpha value is -2.08. The van der Waals surface area contributed by atoms with Gasteiger partial charge in [-0.05, 0) is 31.5 Å². The molecule has 0 heterocycles. The number of amides is 1. The van der Waals surface area contributed by atoms with Crippen molar-refractivity contribution in [2.45, 2.75) is 19.9 Å². The lowest BCUT2D eigenvalue weighted by Crippen LogP contribution is -2.38. The second kappa shape index (κ2) is 7.49. The lowest BCUT2D eigenvalue weighted by Gasteiger charge is -2.12. The van der Waals surface area contributed by atoms with Gasteiger partial charge in [0, 0.05) is 13.2 Å². The number of aromatic hydroxyl groups is 1. The third-order valence-corrected chi connectivity index (χ3v) is 2.60. The van der Waals surface area contributed by atoms with E-state index in [0.717, 1.165) is 0 Å². The third-order valence-electron chi connectivity index (χ3n) is 2.60. The van der Waals surface area contributed by atoms with Gasteiger partial charge in [-0.25, -0.2) is 4.79 Å². The van der Waals surface area contributed by atoms with Crippen LogP contribution in [0.4, 0.5) is 0 Å². The first-order valence-corrected chi connectivity index (χ1v) is 6.19. The highest BCUT2D eigenvalue weighted by atomic mass is 16.5. The highest BCUT2D eigenvalue weighted by molar-refractivity contribution is 5.91. The van der Waals surface area contributed by atoms with Crippen molar-refractivity contribution >= 4 is 11.9 Å². The van der Waals surface area contributed by atoms with Crippen LogP contribution in [0.1, 0.15) is 22.8 Å². The topological polar surface area (TPSA) is 84.9 Å². The van der Waals surface area contributed by atoms with Crippen LogP contribution < -0.4 is 5.32 Å². The maximum atomic E-state index is 11.7. The molecule has 1 atom stereocenters. The van der Waals surface area contributed by atoms with Crippen molar-refractivity contribution < 1.29 is 24.2 Å². The van der Waals surface area contributed by atoms with Crippen LogP contribution in [-0.4, -0.2) is 43.3 Å². The monoisotopic (exact) mass is 281 g/mol. The summed E-state index contributed by atoms with van der Waals surface area (Å²) < 4.78 is 9.73. The van der Waals surface area contributed by atoms with E-state index in [1.807, 2.05) is 0 Å². The van der Waals surface area contributed by atoms with Crippen molar-refractivity contribution in [3.05, 3.63) is 29.3 Å². The molecule has 0 radical (unpaired) electrons. The van der Waals surface area contributed by atoms with Crippen LogP contribution in [0.3, 0.4) is 0 Å². The molecule has 6 heteroatoms. The lowest BCUT2D eigenvalue weighted by atomic mass is 10.1. The summed E-state index contributed by atoms with van der Waals surface area (Å²) in [7, 11) is 1.53. The van der Waals surface area contributed by atoms with Crippen LogP contribution in [0.2, 0.25) is 0 Å². The average Bonchev–Trinajstić information content (AvgIpc) is 2.39. The quantitative estimate of drug-likeness (QED) is 0.760. The molecule has 0 saturated carbocycles. The fourth-order valence-electron chi connectivity index (χ4n) is 1.56.